The quantitative estimate of drug-likeness (QED) is 0.925. The Bertz CT molecular complexity index is 531. The van der Waals surface area contributed by atoms with Crippen LogP contribution in [0.1, 0.15) is 5.56 Å². The van der Waals surface area contributed by atoms with Crippen LogP contribution in [0.2, 0.25) is 5.02 Å². The third kappa shape index (κ3) is 3.45. The van der Waals surface area contributed by atoms with Crippen LogP contribution < -0.4 is 5.32 Å². The Morgan fingerprint density at radius 3 is 2.78 bits per heavy atom. The summed E-state index contributed by atoms with van der Waals surface area (Å²) in [5.41, 5.74) is 0.920. The van der Waals surface area contributed by atoms with Crippen molar-refractivity contribution < 1.29 is 4.39 Å². The van der Waals surface area contributed by atoms with Crippen LogP contribution in [0, 0.1) is 5.82 Å². The van der Waals surface area contributed by atoms with E-state index in [0.29, 0.717) is 16.5 Å². The number of hydrogen-bond acceptors (Lipinski definition) is 3. The molecule has 0 unspecified atom stereocenters. The zero-order valence-corrected chi connectivity index (χ0v) is 11.4. The Morgan fingerprint density at radius 1 is 1.33 bits per heavy atom. The van der Waals surface area contributed by atoms with E-state index in [-0.39, 0.29) is 5.82 Å². The van der Waals surface area contributed by atoms with Gasteiger partial charge in [-0.2, -0.15) is 0 Å². The molecule has 0 aliphatic rings. The lowest BCUT2D eigenvalue weighted by Gasteiger charge is -2.05. The van der Waals surface area contributed by atoms with Gasteiger partial charge in [0.1, 0.15) is 10.8 Å². The number of halogens is 2. The first-order chi connectivity index (χ1) is 8.69. The SMILES string of the molecule is CNCc1ccc(Sc2ccc(Cl)cn2)c(F)c1. The second-order valence-corrected chi connectivity index (χ2v) is 5.21. The van der Waals surface area contributed by atoms with E-state index in [4.69, 9.17) is 11.6 Å². The van der Waals surface area contributed by atoms with Crippen molar-refractivity contribution in [2.75, 3.05) is 7.05 Å². The molecule has 1 aromatic heterocycles. The first-order valence-corrected chi connectivity index (χ1v) is 6.61. The summed E-state index contributed by atoms with van der Waals surface area (Å²) >= 11 is 7.03. The lowest BCUT2D eigenvalue weighted by molar-refractivity contribution is 0.598. The Balaban J connectivity index is 2.16. The van der Waals surface area contributed by atoms with Gasteiger partial charge in [0.2, 0.25) is 0 Å². The maximum atomic E-state index is 13.8. The molecule has 0 aliphatic carbocycles. The van der Waals surface area contributed by atoms with Crippen molar-refractivity contribution in [2.45, 2.75) is 16.5 Å². The summed E-state index contributed by atoms with van der Waals surface area (Å²) in [5.74, 6) is -0.232. The van der Waals surface area contributed by atoms with Gasteiger partial charge in [0, 0.05) is 17.6 Å². The van der Waals surface area contributed by atoms with Crippen molar-refractivity contribution in [3.8, 4) is 0 Å². The van der Waals surface area contributed by atoms with Gasteiger partial charge in [-0.15, -0.1) is 0 Å². The lowest BCUT2D eigenvalue weighted by atomic mass is 10.2. The highest BCUT2D eigenvalue weighted by molar-refractivity contribution is 7.99. The molecule has 0 saturated heterocycles. The fourth-order valence-corrected chi connectivity index (χ4v) is 2.35. The third-order valence-corrected chi connectivity index (χ3v) is 3.52. The van der Waals surface area contributed by atoms with Crippen LogP contribution in [0.15, 0.2) is 46.5 Å². The van der Waals surface area contributed by atoms with Gasteiger partial charge in [-0.05, 0) is 36.9 Å². The maximum absolute atomic E-state index is 13.8. The summed E-state index contributed by atoms with van der Waals surface area (Å²) in [7, 11) is 1.83. The molecule has 1 heterocycles. The van der Waals surface area contributed by atoms with Crippen molar-refractivity contribution in [1.29, 1.82) is 0 Å². The van der Waals surface area contributed by atoms with Gasteiger partial charge in [0.25, 0.3) is 0 Å². The van der Waals surface area contributed by atoms with Gasteiger partial charge in [-0.3, -0.25) is 0 Å². The predicted molar refractivity (Wildman–Crippen MR) is 72.5 cm³/mol. The summed E-state index contributed by atoms with van der Waals surface area (Å²) in [6.45, 7) is 0.654. The van der Waals surface area contributed by atoms with E-state index in [0.717, 1.165) is 10.6 Å². The molecule has 0 fully saturated rings. The van der Waals surface area contributed by atoms with Crippen LogP contribution in [-0.4, -0.2) is 12.0 Å². The molecule has 0 radical (unpaired) electrons. The Kier molecular flexibility index (Phi) is 4.58. The molecule has 0 saturated carbocycles. The van der Waals surface area contributed by atoms with E-state index in [2.05, 4.69) is 10.3 Å². The molecule has 0 bridgehead atoms. The van der Waals surface area contributed by atoms with Crippen LogP contribution >= 0.6 is 23.4 Å². The van der Waals surface area contributed by atoms with Crippen LogP contribution in [-0.2, 0) is 6.54 Å². The van der Waals surface area contributed by atoms with E-state index < -0.39 is 0 Å². The molecule has 94 valence electrons. The van der Waals surface area contributed by atoms with Crippen molar-refractivity contribution >= 4 is 23.4 Å². The summed E-state index contributed by atoms with van der Waals surface area (Å²) in [5, 5.41) is 4.28. The average molecular weight is 283 g/mol. The molecule has 2 aromatic rings. The molecule has 0 aliphatic heterocycles. The fraction of sp³-hybridized carbons (Fsp3) is 0.154. The van der Waals surface area contributed by atoms with Gasteiger partial charge in [0.15, 0.2) is 0 Å². The van der Waals surface area contributed by atoms with Crippen molar-refractivity contribution in [3.05, 3.63) is 52.9 Å². The van der Waals surface area contributed by atoms with Gasteiger partial charge < -0.3 is 5.32 Å². The van der Waals surface area contributed by atoms with Crippen molar-refractivity contribution in [2.24, 2.45) is 0 Å². The Labute approximate surface area is 115 Å². The first-order valence-electron chi connectivity index (χ1n) is 5.41. The van der Waals surface area contributed by atoms with Gasteiger partial charge in [-0.1, -0.05) is 29.4 Å². The number of rotatable bonds is 4. The van der Waals surface area contributed by atoms with Gasteiger partial charge in [-0.25, -0.2) is 9.37 Å². The molecule has 1 N–H and O–H groups in total. The number of hydrogen-bond donors (Lipinski definition) is 1. The fourth-order valence-electron chi connectivity index (χ4n) is 1.48. The topological polar surface area (TPSA) is 24.9 Å². The average Bonchev–Trinajstić information content (AvgIpc) is 2.36. The monoisotopic (exact) mass is 282 g/mol. The lowest BCUT2D eigenvalue weighted by Crippen LogP contribution is -2.05. The molecule has 0 amide bonds. The third-order valence-electron chi connectivity index (χ3n) is 2.29. The minimum Gasteiger partial charge on any atom is -0.316 e. The first kappa shape index (κ1) is 13.3. The van der Waals surface area contributed by atoms with Crippen molar-refractivity contribution in [3.63, 3.8) is 0 Å². The number of nitrogens with zero attached hydrogens (tertiary/aromatic N) is 1. The summed E-state index contributed by atoms with van der Waals surface area (Å²) < 4.78 is 13.8. The summed E-state index contributed by atoms with van der Waals surface area (Å²) in [4.78, 5) is 4.69. The molecular weight excluding hydrogens is 271 g/mol. The molecule has 0 atom stereocenters. The smallest absolute Gasteiger partial charge is 0.137 e. The Morgan fingerprint density at radius 2 is 2.17 bits per heavy atom. The van der Waals surface area contributed by atoms with E-state index in [1.54, 1.807) is 24.4 Å². The summed E-state index contributed by atoms with van der Waals surface area (Å²) in [6, 6.07) is 8.72. The number of pyridine rings is 1. The van der Waals surface area contributed by atoms with E-state index in [9.17, 15) is 4.39 Å². The molecular formula is C13H12ClFN2S. The van der Waals surface area contributed by atoms with Crippen LogP contribution in [0.3, 0.4) is 0 Å². The molecule has 2 nitrogen and oxygen atoms in total. The largest absolute Gasteiger partial charge is 0.316 e. The zero-order valence-electron chi connectivity index (χ0n) is 9.78. The molecule has 18 heavy (non-hydrogen) atoms. The molecule has 1 aromatic carbocycles. The Hall–Kier alpha value is -1.10. The van der Waals surface area contributed by atoms with Crippen molar-refractivity contribution in [1.82, 2.24) is 10.3 Å². The zero-order chi connectivity index (χ0) is 13.0. The van der Waals surface area contributed by atoms with Gasteiger partial charge in [0.05, 0.1) is 5.02 Å². The van der Waals surface area contributed by atoms with E-state index >= 15 is 0 Å². The maximum Gasteiger partial charge on any atom is 0.137 e. The number of aromatic nitrogens is 1. The molecule has 5 heteroatoms. The van der Waals surface area contributed by atoms with E-state index in [1.807, 2.05) is 13.1 Å². The molecule has 2 rings (SSSR count). The minimum absolute atomic E-state index is 0.232. The predicted octanol–water partition coefficient (Wildman–Crippen LogP) is 3.74. The van der Waals surface area contributed by atoms with Crippen LogP contribution in [0.5, 0.6) is 0 Å². The van der Waals surface area contributed by atoms with Gasteiger partial charge >= 0.3 is 0 Å². The standard InChI is InChI=1S/C13H12ClFN2S/c1-16-7-9-2-4-12(11(15)6-9)18-13-5-3-10(14)8-17-13/h2-6,8,16H,7H2,1H3. The summed E-state index contributed by atoms with van der Waals surface area (Å²) in [6.07, 6.45) is 1.55. The van der Waals surface area contributed by atoms with E-state index in [1.165, 1.54) is 17.8 Å². The second-order valence-electron chi connectivity index (χ2n) is 3.71. The number of benzene rings is 1. The highest BCUT2D eigenvalue weighted by Crippen LogP contribution is 2.29. The molecule has 0 spiro atoms. The number of nitrogens with one attached hydrogen (secondary N) is 1. The highest BCUT2D eigenvalue weighted by atomic mass is 35.5. The minimum atomic E-state index is -0.232. The second kappa shape index (κ2) is 6.18. The normalized spacial score (nSPS) is 10.6. The highest BCUT2D eigenvalue weighted by Gasteiger charge is 2.06. The van der Waals surface area contributed by atoms with Crippen LogP contribution in [0.25, 0.3) is 0 Å². The van der Waals surface area contributed by atoms with Crippen LogP contribution in [0.4, 0.5) is 4.39 Å².